The number of hydrogen-bond acceptors (Lipinski definition) is 2. The van der Waals surface area contributed by atoms with E-state index >= 15 is 0 Å². The number of rotatable bonds is 5. The molecule has 0 saturated heterocycles. The van der Waals surface area contributed by atoms with E-state index in [4.69, 9.17) is 16.7 Å². The van der Waals surface area contributed by atoms with Crippen molar-refractivity contribution in [3.8, 4) is 0 Å². The fourth-order valence-corrected chi connectivity index (χ4v) is 1.61. The molecule has 1 rings (SSSR count). The molecular weight excluding hydrogens is 226 g/mol. The molecule has 0 aliphatic heterocycles. The van der Waals surface area contributed by atoms with Crippen molar-refractivity contribution >= 4 is 23.3 Å². The van der Waals surface area contributed by atoms with Crippen LogP contribution in [-0.4, -0.2) is 17.6 Å². The number of carbonyl (C=O) groups is 1. The molecule has 3 nitrogen and oxygen atoms in total. The molecule has 0 spiro atoms. The van der Waals surface area contributed by atoms with Crippen LogP contribution in [0.5, 0.6) is 0 Å². The first-order chi connectivity index (χ1) is 7.56. The summed E-state index contributed by atoms with van der Waals surface area (Å²) in [7, 11) is 0. The smallest absolute Gasteiger partial charge is 0.308 e. The summed E-state index contributed by atoms with van der Waals surface area (Å²) in [6.07, 6.45) is 0.613. The lowest BCUT2D eigenvalue weighted by molar-refractivity contribution is -0.141. The van der Waals surface area contributed by atoms with E-state index in [0.717, 1.165) is 11.3 Å². The molecule has 4 heteroatoms. The lowest BCUT2D eigenvalue weighted by atomic mass is 10.1. The van der Waals surface area contributed by atoms with Crippen LogP contribution < -0.4 is 5.32 Å². The van der Waals surface area contributed by atoms with E-state index in [2.05, 4.69) is 5.32 Å². The van der Waals surface area contributed by atoms with E-state index in [1.54, 1.807) is 0 Å². The number of carboxylic acid groups (broad SMARTS) is 1. The van der Waals surface area contributed by atoms with Gasteiger partial charge in [0.15, 0.2) is 0 Å². The van der Waals surface area contributed by atoms with E-state index in [1.165, 1.54) is 0 Å². The van der Waals surface area contributed by atoms with Crippen LogP contribution in [0.15, 0.2) is 18.2 Å². The summed E-state index contributed by atoms with van der Waals surface area (Å²) < 4.78 is 0. The summed E-state index contributed by atoms with van der Waals surface area (Å²) in [6, 6.07) is 5.56. The summed E-state index contributed by atoms with van der Waals surface area (Å²) >= 11 is 5.97. The van der Waals surface area contributed by atoms with Gasteiger partial charge in [-0.25, -0.2) is 0 Å². The number of anilines is 1. The number of nitrogens with one attached hydrogen (secondary N) is 1. The Labute approximate surface area is 100 Å². The lowest BCUT2D eigenvalue weighted by Crippen LogP contribution is -2.22. The van der Waals surface area contributed by atoms with Gasteiger partial charge >= 0.3 is 5.97 Å². The van der Waals surface area contributed by atoms with Crippen LogP contribution in [0, 0.1) is 12.8 Å². The number of benzene rings is 1. The van der Waals surface area contributed by atoms with Gasteiger partial charge in [-0.1, -0.05) is 24.6 Å². The third-order valence-electron chi connectivity index (χ3n) is 2.65. The fourth-order valence-electron chi connectivity index (χ4n) is 1.44. The number of halogens is 1. The van der Waals surface area contributed by atoms with Gasteiger partial charge < -0.3 is 10.4 Å². The molecule has 88 valence electrons. The highest BCUT2D eigenvalue weighted by atomic mass is 35.5. The molecule has 1 aromatic rings. The Bertz CT molecular complexity index is 379. The zero-order chi connectivity index (χ0) is 12.1. The molecule has 0 saturated carbocycles. The predicted octanol–water partition coefficient (Wildman–Crippen LogP) is 3.17. The predicted molar refractivity (Wildman–Crippen MR) is 66.1 cm³/mol. The van der Waals surface area contributed by atoms with E-state index in [9.17, 15) is 4.79 Å². The van der Waals surface area contributed by atoms with Crippen molar-refractivity contribution in [1.82, 2.24) is 0 Å². The van der Waals surface area contributed by atoms with Crippen LogP contribution in [0.2, 0.25) is 5.02 Å². The van der Waals surface area contributed by atoms with Crippen molar-refractivity contribution in [2.45, 2.75) is 20.3 Å². The minimum Gasteiger partial charge on any atom is -0.481 e. The van der Waals surface area contributed by atoms with Gasteiger partial charge in [-0.15, -0.1) is 0 Å². The first kappa shape index (κ1) is 12.8. The van der Waals surface area contributed by atoms with Crippen LogP contribution in [0.4, 0.5) is 5.69 Å². The normalized spacial score (nSPS) is 12.2. The Morgan fingerprint density at radius 2 is 2.25 bits per heavy atom. The first-order valence-corrected chi connectivity index (χ1v) is 5.65. The van der Waals surface area contributed by atoms with Crippen molar-refractivity contribution in [1.29, 1.82) is 0 Å². The van der Waals surface area contributed by atoms with E-state index in [1.807, 2.05) is 32.0 Å². The summed E-state index contributed by atoms with van der Waals surface area (Å²) in [5.74, 6) is -1.13. The molecule has 0 fully saturated rings. The minimum absolute atomic E-state index is 0.363. The summed E-state index contributed by atoms with van der Waals surface area (Å²) in [5.41, 5.74) is 1.84. The lowest BCUT2D eigenvalue weighted by Gasteiger charge is -2.14. The number of hydrogen-bond donors (Lipinski definition) is 2. The maximum Gasteiger partial charge on any atom is 0.308 e. The molecule has 2 N–H and O–H groups in total. The monoisotopic (exact) mass is 241 g/mol. The molecule has 0 bridgehead atoms. The van der Waals surface area contributed by atoms with Gasteiger partial charge in [0.2, 0.25) is 0 Å². The van der Waals surface area contributed by atoms with Crippen LogP contribution in [0.3, 0.4) is 0 Å². The maximum absolute atomic E-state index is 10.8. The highest BCUT2D eigenvalue weighted by Crippen LogP contribution is 2.23. The molecule has 0 aromatic heterocycles. The first-order valence-electron chi connectivity index (χ1n) is 5.28. The van der Waals surface area contributed by atoms with Crippen LogP contribution >= 0.6 is 11.6 Å². The van der Waals surface area contributed by atoms with Gasteiger partial charge in [0.1, 0.15) is 0 Å². The molecule has 1 atom stereocenters. The maximum atomic E-state index is 10.8. The average Bonchev–Trinajstić information content (AvgIpc) is 2.24. The molecule has 0 aliphatic carbocycles. The standard InChI is InChI=1S/C12H16ClNO2/c1-3-9(12(15)16)7-14-11-6-4-5-10(13)8(11)2/h4-6,9,14H,3,7H2,1-2H3,(H,15,16). The Hall–Kier alpha value is -1.22. The van der Waals surface area contributed by atoms with Gasteiger partial charge in [0, 0.05) is 17.3 Å². The quantitative estimate of drug-likeness (QED) is 0.833. The second kappa shape index (κ2) is 5.75. The van der Waals surface area contributed by atoms with E-state index in [0.29, 0.717) is 18.0 Å². The molecule has 1 unspecified atom stereocenters. The van der Waals surface area contributed by atoms with Crippen molar-refractivity contribution in [2.24, 2.45) is 5.92 Å². The second-order valence-electron chi connectivity index (χ2n) is 3.74. The van der Waals surface area contributed by atoms with Crippen LogP contribution in [0.1, 0.15) is 18.9 Å². The van der Waals surface area contributed by atoms with E-state index in [-0.39, 0.29) is 5.92 Å². The molecule has 0 aliphatic rings. The zero-order valence-corrected chi connectivity index (χ0v) is 10.2. The third-order valence-corrected chi connectivity index (χ3v) is 3.06. The van der Waals surface area contributed by atoms with Gasteiger partial charge in [-0.05, 0) is 31.0 Å². The molecule has 0 radical (unpaired) electrons. The molecular formula is C12H16ClNO2. The third kappa shape index (κ3) is 3.14. The minimum atomic E-state index is -0.769. The number of aliphatic carboxylic acids is 1. The summed E-state index contributed by atoms with van der Waals surface area (Å²) in [6.45, 7) is 4.20. The topological polar surface area (TPSA) is 49.3 Å². The second-order valence-corrected chi connectivity index (χ2v) is 4.14. The Balaban J connectivity index is 2.67. The Morgan fingerprint density at radius 3 is 2.81 bits per heavy atom. The zero-order valence-electron chi connectivity index (χ0n) is 9.46. The fraction of sp³-hybridized carbons (Fsp3) is 0.417. The van der Waals surface area contributed by atoms with Gasteiger partial charge in [-0.3, -0.25) is 4.79 Å². The van der Waals surface area contributed by atoms with E-state index < -0.39 is 5.97 Å². The molecule has 0 amide bonds. The van der Waals surface area contributed by atoms with Crippen molar-refractivity contribution in [3.05, 3.63) is 28.8 Å². The highest BCUT2D eigenvalue weighted by Gasteiger charge is 2.14. The van der Waals surface area contributed by atoms with Gasteiger partial charge in [0.05, 0.1) is 5.92 Å². The van der Waals surface area contributed by atoms with Crippen molar-refractivity contribution < 1.29 is 9.90 Å². The van der Waals surface area contributed by atoms with Gasteiger partial charge in [0.25, 0.3) is 0 Å². The largest absolute Gasteiger partial charge is 0.481 e. The SMILES string of the molecule is CCC(CNc1cccc(Cl)c1C)C(=O)O. The summed E-state index contributed by atoms with van der Waals surface area (Å²) in [4.78, 5) is 10.8. The van der Waals surface area contributed by atoms with Crippen molar-refractivity contribution in [2.75, 3.05) is 11.9 Å². The highest BCUT2D eigenvalue weighted by molar-refractivity contribution is 6.31. The number of carboxylic acids is 1. The van der Waals surface area contributed by atoms with Crippen LogP contribution in [0.25, 0.3) is 0 Å². The van der Waals surface area contributed by atoms with Crippen LogP contribution in [-0.2, 0) is 4.79 Å². The van der Waals surface area contributed by atoms with Crippen molar-refractivity contribution in [3.63, 3.8) is 0 Å². The molecule has 1 aromatic carbocycles. The molecule has 16 heavy (non-hydrogen) atoms. The average molecular weight is 242 g/mol. The van der Waals surface area contributed by atoms with Gasteiger partial charge in [-0.2, -0.15) is 0 Å². The Kier molecular flexibility index (Phi) is 4.62. The summed E-state index contributed by atoms with van der Waals surface area (Å²) in [5, 5.41) is 12.7. The Morgan fingerprint density at radius 1 is 1.56 bits per heavy atom. The molecule has 0 heterocycles.